The van der Waals surface area contributed by atoms with Crippen molar-refractivity contribution in [1.29, 1.82) is 0 Å². The highest BCUT2D eigenvalue weighted by molar-refractivity contribution is 5.99. The Hall–Kier alpha value is -5.21. The van der Waals surface area contributed by atoms with E-state index in [1.54, 1.807) is 12.3 Å². The Bertz CT molecular complexity index is 1700. The first kappa shape index (κ1) is 26.4. The average molecular weight is 556 g/mol. The Balaban J connectivity index is 1.54. The maximum absolute atomic E-state index is 13.4. The number of nitrogens with one attached hydrogen (secondary N) is 1. The molecule has 2 amide bonds. The third-order valence-electron chi connectivity index (χ3n) is 6.34. The highest BCUT2D eigenvalue weighted by atomic mass is 19.4. The zero-order valence-electron chi connectivity index (χ0n) is 20.3. The number of aromatic hydroxyl groups is 1. The van der Waals surface area contributed by atoms with Crippen molar-refractivity contribution in [1.82, 2.24) is 29.4 Å². The smallest absolute Gasteiger partial charge is 0.416 e. The first-order valence-corrected chi connectivity index (χ1v) is 11.7. The van der Waals surface area contributed by atoms with Crippen LogP contribution in [-0.4, -0.2) is 58.6 Å². The SMILES string of the molecule is O=C(O)CNC(=O)c1c(O)c2c(n(Cc3ccc(C(F)(F)F)cc3)c1=O)CN(C(=O)c1cc3ncccn3n1)C2. The number of aromatic nitrogens is 4. The van der Waals surface area contributed by atoms with Gasteiger partial charge in [-0.1, -0.05) is 12.1 Å². The Kier molecular flexibility index (Phi) is 6.49. The molecular formula is C25H19F3N6O6. The molecule has 1 aliphatic rings. The summed E-state index contributed by atoms with van der Waals surface area (Å²) in [6.07, 6.45) is -1.46. The lowest BCUT2D eigenvalue weighted by atomic mass is 10.1. The second-order valence-corrected chi connectivity index (χ2v) is 8.92. The monoisotopic (exact) mass is 556 g/mol. The molecule has 1 aliphatic heterocycles. The fourth-order valence-corrected chi connectivity index (χ4v) is 4.42. The van der Waals surface area contributed by atoms with Crippen molar-refractivity contribution in [3.8, 4) is 5.75 Å². The van der Waals surface area contributed by atoms with E-state index in [0.29, 0.717) is 5.65 Å². The van der Waals surface area contributed by atoms with Crippen LogP contribution in [0.25, 0.3) is 5.65 Å². The van der Waals surface area contributed by atoms with Gasteiger partial charge in [0.2, 0.25) is 0 Å². The van der Waals surface area contributed by atoms with E-state index in [9.17, 15) is 37.5 Å². The summed E-state index contributed by atoms with van der Waals surface area (Å²) in [5, 5.41) is 26.0. The molecule has 0 fully saturated rings. The first-order valence-electron chi connectivity index (χ1n) is 11.7. The van der Waals surface area contributed by atoms with Crippen molar-refractivity contribution < 1.29 is 37.8 Å². The van der Waals surface area contributed by atoms with Crippen LogP contribution < -0.4 is 10.9 Å². The summed E-state index contributed by atoms with van der Waals surface area (Å²) in [6, 6.07) is 7.09. The Labute approximate surface area is 221 Å². The molecule has 40 heavy (non-hydrogen) atoms. The van der Waals surface area contributed by atoms with E-state index in [-0.39, 0.29) is 42.1 Å². The molecule has 0 bridgehead atoms. The molecule has 0 unspecified atom stereocenters. The number of aliphatic carboxylic acids is 1. The van der Waals surface area contributed by atoms with Crippen LogP contribution in [0.1, 0.15) is 43.2 Å². The summed E-state index contributed by atoms with van der Waals surface area (Å²) in [4.78, 5) is 55.7. The third kappa shape index (κ3) is 4.83. The van der Waals surface area contributed by atoms with Gasteiger partial charge in [-0.05, 0) is 23.8 Å². The van der Waals surface area contributed by atoms with Gasteiger partial charge >= 0.3 is 12.1 Å². The molecule has 3 N–H and O–H groups in total. The van der Waals surface area contributed by atoms with Crippen LogP contribution in [0.2, 0.25) is 0 Å². The third-order valence-corrected chi connectivity index (χ3v) is 6.34. The molecule has 4 heterocycles. The van der Waals surface area contributed by atoms with Gasteiger partial charge in [0.15, 0.2) is 11.3 Å². The number of halogens is 3. The largest absolute Gasteiger partial charge is 0.506 e. The van der Waals surface area contributed by atoms with Crippen molar-refractivity contribution in [3.05, 3.63) is 92.8 Å². The molecule has 5 rings (SSSR count). The van der Waals surface area contributed by atoms with Gasteiger partial charge in [0.1, 0.15) is 17.9 Å². The minimum absolute atomic E-state index is 0.0297. The maximum Gasteiger partial charge on any atom is 0.416 e. The van der Waals surface area contributed by atoms with Gasteiger partial charge in [-0.3, -0.25) is 19.2 Å². The number of fused-ring (bicyclic) bond motifs is 2. The van der Waals surface area contributed by atoms with Crippen LogP contribution in [-0.2, 0) is 30.6 Å². The minimum Gasteiger partial charge on any atom is -0.506 e. The van der Waals surface area contributed by atoms with Crippen LogP contribution in [0, 0.1) is 0 Å². The topological polar surface area (TPSA) is 159 Å². The lowest BCUT2D eigenvalue weighted by Crippen LogP contribution is -2.37. The van der Waals surface area contributed by atoms with Crippen LogP contribution in [0.4, 0.5) is 13.2 Å². The number of carboxylic acid groups (broad SMARTS) is 1. The van der Waals surface area contributed by atoms with Crippen molar-refractivity contribution in [3.63, 3.8) is 0 Å². The lowest BCUT2D eigenvalue weighted by Gasteiger charge is -2.16. The van der Waals surface area contributed by atoms with Gasteiger partial charge < -0.3 is 25.0 Å². The molecule has 0 radical (unpaired) electrons. The summed E-state index contributed by atoms with van der Waals surface area (Å²) < 4.78 is 41.5. The van der Waals surface area contributed by atoms with Crippen LogP contribution >= 0.6 is 0 Å². The van der Waals surface area contributed by atoms with Gasteiger partial charge in [0.25, 0.3) is 17.4 Å². The van der Waals surface area contributed by atoms with Crippen molar-refractivity contribution in [2.24, 2.45) is 0 Å². The van der Waals surface area contributed by atoms with E-state index < -0.39 is 52.9 Å². The number of carbonyl (C=O) groups excluding carboxylic acids is 2. The highest BCUT2D eigenvalue weighted by Crippen LogP contribution is 2.33. The first-order chi connectivity index (χ1) is 18.9. The number of hydrogen-bond donors (Lipinski definition) is 3. The lowest BCUT2D eigenvalue weighted by molar-refractivity contribution is -0.138. The van der Waals surface area contributed by atoms with E-state index in [1.807, 2.05) is 5.32 Å². The van der Waals surface area contributed by atoms with Gasteiger partial charge in [-0.25, -0.2) is 9.50 Å². The molecule has 12 nitrogen and oxygen atoms in total. The van der Waals surface area contributed by atoms with E-state index in [0.717, 1.165) is 16.7 Å². The average Bonchev–Trinajstić information content (AvgIpc) is 3.54. The van der Waals surface area contributed by atoms with Crippen molar-refractivity contribution >= 4 is 23.4 Å². The number of amides is 2. The highest BCUT2D eigenvalue weighted by Gasteiger charge is 2.35. The second-order valence-electron chi connectivity index (χ2n) is 8.92. The van der Waals surface area contributed by atoms with Crippen molar-refractivity contribution in [2.75, 3.05) is 6.54 Å². The summed E-state index contributed by atoms with van der Waals surface area (Å²) >= 11 is 0. The van der Waals surface area contributed by atoms with E-state index in [2.05, 4.69) is 10.1 Å². The van der Waals surface area contributed by atoms with Gasteiger partial charge in [-0.15, -0.1) is 0 Å². The molecule has 0 aliphatic carbocycles. The standard InChI is InChI=1S/C25H19F3N6O6/c26-25(27,28)14-4-2-13(3-5-14)10-33-17-12-32(23(39)16-8-18-29-6-1-7-34(18)31-16)11-15(17)21(37)20(24(33)40)22(38)30-9-19(35)36/h1-8,37H,9-12H2,(H,30,38)(H,35,36). The summed E-state index contributed by atoms with van der Waals surface area (Å²) in [5.41, 5.74) is -1.73. The number of pyridine rings is 1. The van der Waals surface area contributed by atoms with Crippen LogP contribution in [0.3, 0.4) is 0 Å². The van der Waals surface area contributed by atoms with Crippen LogP contribution in [0.5, 0.6) is 5.75 Å². The normalized spacial score (nSPS) is 12.9. The van der Waals surface area contributed by atoms with Gasteiger partial charge in [0.05, 0.1) is 25.2 Å². The molecule has 0 atom stereocenters. The number of benzene rings is 1. The van der Waals surface area contributed by atoms with Crippen LogP contribution in [0.15, 0.2) is 53.6 Å². The number of alkyl halides is 3. The zero-order chi connectivity index (χ0) is 28.8. The Morgan fingerprint density at radius 2 is 1.82 bits per heavy atom. The quantitative estimate of drug-likeness (QED) is 0.323. The summed E-state index contributed by atoms with van der Waals surface area (Å²) in [5.74, 6) is -3.84. The molecule has 15 heteroatoms. The molecule has 206 valence electrons. The molecule has 4 aromatic rings. The summed E-state index contributed by atoms with van der Waals surface area (Å²) in [7, 11) is 0. The van der Waals surface area contributed by atoms with E-state index in [4.69, 9.17) is 5.11 Å². The molecule has 0 saturated carbocycles. The molecule has 1 aromatic carbocycles. The zero-order valence-corrected chi connectivity index (χ0v) is 20.3. The number of hydrogen-bond acceptors (Lipinski definition) is 7. The number of rotatable bonds is 6. The fourth-order valence-electron chi connectivity index (χ4n) is 4.42. The number of carboxylic acids is 1. The molecular weight excluding hydrogens is 537 g/mol. The second kappa shape index (κ2) is 9.83. The maximum atomic E-state index is 13.4. The predicted octanol–water partition coefficient (Wildman–Crippen LogP) is 1.63. The fraction of sp³-hybridized carbons (Fsp3) is 0.200. The summed E-state index contributed by atoms with van der Waals surface area (Å²) in [6.45, 7) is -1.54. The van der Waals surface area contributed by atoms with E-state index in [1.165, 1.54) is 33.8 Å². The van der Waals surface area contributed by atoms with Crippen molar-refractivity contribution in [2.45, 2.75) is 25.8 Å². The molecule has 0 saturated heterocycles. The minimum atomic E-state index is -4.57. The Morgan fingerprint density at radius 1 is 1.10 bits per heavy atom. The number of carbonyl (C=O) groups is 3. The van der Waals surface area contributed by atoms with E-state index >= 15 is 0 Å². The number of nitrogens with zero attached hydrogens (tertiary/aromatic N) is 5. The molecule has 3 aromatic heterocycles. The van der Waals surface area contributed by atoms with Gasteiger partial charge in [-0.2, -0.15) is 18.3 Å². The molecule has 0 spiro atoms. The van der Waals surface area contributed by atoms with Gasteiger partial charge in [0, 0.05) is 29.7 Å². The Morgan fingerprint density at radius 3 is 2.48 bits per heavy atom. The predicted molar refractivity (Wildman–Crippen MR) is 129 cm³/mol.